The van der Waals surface area contributed by atoms with Crippen LogP contribution in [0.4, 0.5) is 0 Å². The van der Waals surface area contributed by atoms with Crippen LogP contribution in [0, 0.1) is 0 Å². The molecule has 12 heavy (non-hydrogen) atoms. The van der Waals surface area contributed by atoms with E-state index in [4.69, 9.17) is 0 Å². The normalized spacial score (nSPS) is 11.2. The molecule has 0 aliphatic carbocycles. The number of allylic oxidation sites excluding steroid dienone is 1. The van der Waals surface area contributed by atoms with Crippen LogP contribution in [0.2, 0.25) is 0 Å². The number of imidazole rings is 1. The fraction of sp³-hybridized carbons (Fsp3) is 0.333. The van der Waals surface area contributed by atoms with Gasteiger partial charge in [-0.2, -0.15) is 0 Å². The van der Waals surface area contributed by atoms with Crippen LogP contribution in [0.1, 0.15) is 25.6 Å². The van der Waals surface area contributed by atoms with Gasteiger partial charge in [0.25, 0.3) is 0 Å². The van der Waals surface area contributed by atoms with Gasteiger partial charge in [0.2, 0.25) is 0 Å². The predicted molar refractivity (Wildman–Crippen MR) is 47.7 cm³/mol. The van der Waals surface area contributed by atoms with Gasteiger partial charge in [0, 0.05) is 0 Å². The van der Waals surface area contributed by atoms with E-state index >= 15 is 0 Å². The molecule has 0 atom stereocenters. The molecule has 0 aliphatic rings. The fourth-order valence-electron chi connectivity index (χ4n) is 1.01. The van der Waals surface area contributed by atoms with Crippen LogP contribution in [-0.2, 0) is 19.4 Å². The molecule has 1 aromatic rings. The van der Waals surface area contributed by atoms with E-state index in [-0.39, 0.29) is 0 Å². The minimum absolute atomic E-state index is 0.483. The van der Waals surface area contributed by atoms with Gasteiger partial charge >= 0.3 is 83.6 Å². The third-order valence-corrected chi connectivity index (χ3v) is 2.16. The Labute approximate surface area is 83.7 Å². The molecule has 0 radical (unpaired) electrons. The van der Waals surface area contributed by atoms with Gasteiger partial charge in [0.05, 0.1) is 0 Å². The van der Waals surface area contributed by atoms with Gasteiger partial charge in [-0.15, -0.1) is 0 Å². The van der Waals surface area contributed by atoms with Crippen molar-refractivity contribution in [3.05, 3.63) is 24.3 Å². The van der Waals surface area contributed by atoms with Gasteiger partial charge in [-0.25, -0.2) is 0 Å². The van der Waals surface area contributed by atoms with E-state index in [1.54, 1.807) is 0 Å². The average molecular weight is 332 g/mol. The first-order valence-corrected chi connectivity index (χ1v) is 5.58. The van der Waals surface area contributed by atoms with Crippen LogP contribution in [-0.4, -0.2) is 14.0 Å². The Morgan fingerprint density at radius 3 is 2.92 bits per heavy atom. The summed E-state index contributed by atoms with van der Waals surface area (Å²) < 4.78 is 4.24. The van der Waals surface area contributed by atoms with Crippen molar-refractivity contribution in [1.29, 1.82) is 0 Å². The molecule has 3 heteroatoms. The number of aromatic nitrogens is 2. The number of rotatable bonds is 3. The van der Waals surface area contributed by atoms with Crippen molar-refractivity contribution in [1.82, 2.24) is 9.55 Å². The monoisotopic (exact) mass is 332 g/mol. The topological polar surface area (TPSA) is 17.8 Å². The third-order valence-electron chi connectivity index (χ3n) is 1.60. The summed E-state index contributed by atoms with van der Waals surface area (Å²) in [6, 6.07) is 0.483. The van der Waals surface area contributed by atoms with Crippen LogP contribution >= 0.6 is 0 Å². The summed E-state index contributed by atoms with van der Waals surface area (Å²) in [5.74, 6) is 0. The van der Waals surface area contributed by atoms with Gasteiger partial charge in [-0.3, -0.25) is 0 Å². The maximum absolute atomic E-state index is 4.10. The summed E-state index contributed by atoms with van der Waals surface area (Å²) in [7, 11) is 0. The van der Waals surface area contributed by atoms with E-state index in [0.717, 1.165) is 0 Å². The number of hydrogen-bond acceptors (Lipinski definition) is 1. The summed E-state index contributed by atoms with van der Waals surface area (Å²) in [6.45, 7) is 4.31. The Hall–Kier alpha value is -0.492. The van der Waals surface area contributed by atoms with E-state index in [1.807, 2.05) is 12.5 Å². The number of nitrogens with zero attached hydrogens (tertiary/aromatic N) is 2. The van der Waals surface area contributed by atoms with E-state index in [1.165, 1.54) is 25.0 Å². The van der Waals surface area contributed by atoms with Crippen molar-refractivity contribution < 1.29 is 19.4 Å². The Balaban J connectivity index is 2.91. The average Bonchev–Trinajstić information content (AvgIpc) is 2.48. The van der Waals surface area contributed by atoms with Crippen LogP contribution < -0.4 is 0 Å². The van der Waals surface area contributed by atoms with Crippen molar-refractivity contribution in [2.45, 2.75) is 19.9 Å². The fourth-order valence-corrected chi connectivity index (χ4v) is 1.30. The standard InChI is InChI=1S/C9H12N2.W/c1-4-5-9-6-10-7-11(9)8(2)3;/h1,4-8H,2-3H3;/b5-4-;. The second-order valence-corrected chi connectivity index (χ2v) is 3.79. The van der Waals surface area contributed by atoms with Gasteiger partial charge < -0.3 is 0 Å². The maximum atomic E-state index is 4.10. The van der Waals surface area contributed by atoms with Gasteiger partial charge in [0.1, 0.15) is 0 Å². The Morgan fingerprint density at radius 2 is 2.33 bits per heavy atom. The summed E-state index contributed by atoms with van der Waals surface area (Å²) in [5.41, 5.74) is 1.17. The first-order valence-electron chi connectivity index (χ1n) is 3.89. The molecule has 0 aromatic carbocycles. The Morgan fingerprint density at radius 1 is 1.58 bits per heavy atom. The zero-order valence-corrected chi connectivity index (χ0v) is 10.2. The molecule has 1 heterocycles. The molecule has 0 N–H and O–H groups in total. The Bertz CT molecular complexity index is 286. The molecular weight excluding hydrogens is 320 g/mol. The van der Waals surface area contributed by atoms with Gasteiger partial charge in [0.15, 0.2) is 0 Å². The molecule has 0 amide bonds. The zero-order chi connectivity index (χ0) is 8.97. The van der Waals surface area contributed by atoms with Crippen LogP contribution in [0.5, 0.6) is 0 Å². The summed E-state index contributed by atoms with van der Waals surface area (Å²) >= 11 is 1.47. The van der Waals surface area contributed by atoms with Crippen molar-refractivity contribution in [2.24, 2.45) is 0 Å². The minimum atomic E-state index is 0.483. The molecule has 0 aliphatic heterocycles. The second kappa shape index (κ2) is 4.51. The molecule has 0 bridgehead atoms. The quantitative estimate of drug-likeness (QED) is 0.826. The molecule has 0 fully saturated rings. The van der Waals surface area contributed by atoms with Crippen LogP contribution in [0.25, 0.3) is 6.08 Å². The van der Waals surface area contributed by atoms with E-state index < -0.39 is 0 Å². The van der Waals surface area contributed by atoms with Crippen LogP contribution in [0.15, 0.2) is 18.6 Å². The predicted octanol–water partition coefficient (Wildman–Crippen LogP) is 1.83. The summed E-state index contributed by atoms with van der Waals surface area (Å²) in [5, 5.41) is 0. The molecular formula is C9H12N2W. The Kier molecular flexibility index (Phi) is 3.61. The molecule has 0 spiro atoms. The molecule has 0 unspecified atom stereocenters. The van der Waals surface area contributed by atoms with E-state index in [0.29, 0.717) is 6.04 Å². The molecule has 64 valence electrons. The van der Waals surface area contributed by atoms with Crippen molar-refractivity contribution in [3.63, 3.8) is 0 Å². The summed E-state index contributed by atoms with van der Waals surface area (Å²) in [4.78, 5) is 4.10. The van der Waals surface area contributed by atoms with Crippen molar-refractivity contribution in [2.75, 3.05) is 0 Å². The third kappa shape index (κ3) is 2.25. The van der Waals surface area contributed by atoms with Gasteiger partial charge in [-0.05, 0) is 0 Å². The van der Waals surface area contributed by atoms with E-state index in [2.05, 4.69) is 40.0 Å². The zero-order valence-electron chi connectivity index (χ0n) is 7.27. The van der Waals surface area contributed by atoms with Crippen molar-refractivity contribution in [3.8, 4) is 0 Å². The second-order valence-electron chi connectivity index (χ2n) is 2.81. The van der Waals surface area contributed by atoms with Gasteiger partial charge in [-0.1, -0.05) is 0 Å². The number of hydrogen-bond donors (Lipinski definition) is 0. The SMILES string of the molecule is CC(C)n1cncc1/C=C\[CH]=[W]. The molecule has 2 nitrogen and oxygen atoms in total. The first kappa shape index (κ1) is 9.60. The van der Waals surface area contributed by atoms with Crippen LogP contribution in [0.3, 0.4) is 0 Å². The molecule has 0 saturated heterocycles. The molecule has 1 rings (SSSR count). The van der Waals surface area contributed by atoms with E-state index in [9.17, 15) is 0 Å². The first-order chi connectivity index (χ1) is 5.75. The molecule has 1 aromatic heterocycles. The van der Waals surface area contributed by atoms with Crippen molar-refractivity contribution >= 4 is 10.5 Å². The molecule has 0 saturated carbocycles. The summed E-state index contributed by atoms with van der Waals surface area (Å²) in [6.07, 6.45) is 7.90.